The maximum atomic E-state index is 13.3. The summed E-state index contributed by atoms with van der Waals surface area (Å²) in [6.45, 7) is 0.934. The van der Waals surface area contributed by atoms with Gasteiger partial charge in [-0.2, -0.15) is 4.98 Å². The molecule has 39 heavy (non-hydrogen) atoms. The number of piperidine rings is 1. The molecule has 1 saturated heterocycles. The standard InChI is InChI=1S/C25H33ClN5O7P/c26-21-7-14(1-2-15(21)12-32)9-27-23-20(10-28-25(30-23)31-11-16-8-19(16)22(31)13-33)24(34)29-17-3-5-18(6-4-17)38-39(35,36)37/h1-2,7,10,16-19,22,32-33H,3-6,8-9,11-13H2,(H,29,34)(H,27,28,30)(H2,35,36,37). The van der Waals surface area contributed by atoms with E-state index in [4.69, 9.17) is 30.9 Å². The first kappa shape index (κ1) is 28.2. The normalized spacial score (nSPS) is 26.3. The van der Waals surface area contributed by atoms with Crippen LogP contribution < -0.4 is 15.5 Å². The lowest BCUT2D eigenvalue weighted by Gasteiger charge is -2.29. The Hall–Kier alpha value is -2.31. The van der Waals surface area contributed by atoms with Gasteiger partial charge in [0.25, 0.3) is 5.91 Å². The first-order valence-corrected chi connectivity index (χ1v) is 15.0. The van der Waals surface area contributed by atoms with Crippen molar-refractivity contribution in [3.63, 3.8) is 0 Å². The number of phosphoric acid groups is 1. The number of carbonyl (C=O) groups excluding carboxylic acids is 1. The second-order valence-corrected chi connectivity index (χ2v) is 12.1. The Morgan fingerprint density at radius 1 is 1.21 bits per heavy atom. The van der Waals surface area contributed by atoms with E-state index < -0.39 is 13.9 Å². The maximum absolute atomic E-state index is 13.3. The average molecular weight is 582 g/mol. The number of aromatic nitrogens is 2. The summed E-state index contributed by atoms with van der Waals surface area (Å²) >= 11 is 6.25. The number of aliphatic hydroxyl groups is 2. The summed E-state index contributed by atoms with van der Waals surface area (Å²) in [6.07, 6.45) is 3.91. The monoisotopic (exact) mass is 581 g/mol. The summed E-state index contributed by atoms with van der Waals surface area (Å²) in [5.41, 5.74) is 1.71. The molecule has 14 heteroatoms. The number of hydrogen-bond donors (Lipinski definition) is 6. The minimum absolute atomic E-state index is 0.0135. The third-order valence-electron chi connectivity index (χ3n) is 7.81. The highest BCUT2D eigenvalue weighted by Crippen LogP contribution is 2.50. The maximum Gasteiger partial charge on any atom is 0.469 e. The number of anilines is 2. The zero-order chi connectivity index (χ0) is 27.7. The molecule has 1 amide bonds. The van der Waals surface area contributed by atoms with Crippen LogP contribution in [0.2, 0.25) is 5.02 Å². The van der Waals surface area contributed by atoms with Gasteiger partial charge in [-0.25, -0.2) is 9.55 Å². The topological polar surface area (TPSA) is 177 Å². The highest BCUT2D eigenvalue weighted by atomic mass is 35.5. The molecule has 1 aromatic carbocycles. The Kier molecular flexibility index (Phi) is 8.44. The summed E-state index contributed by atoms with van der Waals surface area (Å²) in [6, 6.07) is 5.09. The Balaban J connectivity index is 1.31. The molecular formula is C25H33ClN5O7P. The van der Waals surface area contributed by atoms with Crippen molar-refractivity contribution in [1.29, 1.82) is 0 Å². The first-order chi connectivity index (χ1) is 18.6. The third kappa shape index (κ3) is 6.71. The van der Waals surface area contributed by atoms with Gasteiger partial charge >= 0.3 is 7.82 Å². The Morgan fingerprint density at radius 2 is 1.97 bits per heavy atom. The molecular weight excluding hydrogens is 549 g/mol. The van der Waals surface area contributed by atoms with Gasteiger partial charge in [0.05, 0.1) is 25.4 Å². The number of nitrogens with one attached hydrogen (secondary N) is 2. The SMILES string of the molecule is O=C(NC1CCC(OP(=O)(O)O)CC1)c1cnc(N2CC3CC3C2CO)nc1NCc1ccc(CO)c(Cl)c1. The number of carbonyl (C=O) groups is 1. The van der Waals surface area contributed by atoms with Crippen LogP contribution in [0.25, 0.3) is 0 Å². The van der Waals surface area contributed by atoms with Crippen LogP contribution in [0, 0.1) is 11.8 Å². The number of halogens is 1. The Bertz CT molecular complexity index is 1260. The highest BCUT2D eigenvalue weighted by Gasteiger charge is 2.53. The van der Waals surface area contributed by atoms with Crippen LogP contribution in [-0.4, -0.2) is 67.2 Å². The van der Waals surface area contributed by atoms with Crippen LogP contribution in [0.1, 0.15) is 53.6 Å². The number of nitrogens with zero attached hydrogens (tertiary/aromatic N) is 3. The van der Waals surface area contributed by atoms with Crippen molar-refractivity contribution in [3.8, 4) is 0 Å². The van der Waals surface area contributed by atoms with Gasteiger partial charge in [0.15, 0.2) is 0 Å². The molecule has 1 aliphatic heterocycles. The molecule has 2 aliphatic carbocycles. The fourth-order valence-electron chi connectivity index (χ4n) is 5.63. The van der Waals surface area contributed by atoms with Crippen molar-refractivity contribution in [2.45, 2.75) is 63.4 Å². The minimum Gasteiger partial charge on any atom is -0.394 e. The van der Waals surface area contributed by atoms with Crippen molar-refractivity contribution >= 4 is 37.1 Å². The molecule has 0 spiro atoms. The number of benzene rings is 1. The lowest BCUT2D eigenvalue weighted by atomic mass is 9.93. The summed E-state index contributed by atoms with van der Waals surface area (Å²) < 4.78 is 15.9. The molecule has 1 aromatic heterocycles. The molecule has 212 valence electrons. The van der Waals surface area contributed by atoms with E-state index >= 15 is 0 Å². The largest absolute Gasteiger partial charge is 0.469 e. The summed E-state index contributed by atoms with van der Waals surface area (Å²) in [5, 5.41) is 26.0. The van der Waals surface area contributed by atoms with Gasteiger partial charge in [0.1, 0.15) is 11.4 Å². The molecule has 2 saturated carbocycles. The lowest BCUT2D eigenvalue weighted by Crippen LogP contribution is -2.40. The minimum atomic E-state index is -4.55. The number of aliphatic hydroxyl groups excluding tert-OH is 2. The molecule has 3 aliphatic rings. The second kappa shape index (κ2) is 11.7. The zero-order valence-corrected chi connectivity index (χ0v) is 22.9. The summed E-state index contributed by atoms with van der Waals surface area (Å²) in [7, 11) is -4.55. The molecule has 2 heterocycles. The van der Waals surface area contributed by atoms with Gasteiger partial charge in [-0.3, -0.25) is 9.32 Å². The van der Waals surface area contributed by atoms with Crippen LogP contribution >= 0.6 is 19.4 Å². The van der Waals surface area contributed by atoms with E-state index in [1.807, 2.05) is 11.0 Å². The molecule has 3 fully saturated rings. The van der Waals surface area contributed by atoms with Crippen molar-refractivity contribution in [2.75, 3.05) is 23.4 Å². The summed E-state index contributed by atoms with van der Waals surface area (Å²) in [4.78, 5) is 42.6. The van der Waals surface area contributed by atoms with E-state index in [0.717, 1.165) is 18.5 Å². The predicted octanol–water partition coefficient (Wildman–Crippen LogP) is 2.20. The van der Waals surface area contributed by atoms with Crippen LogP contribution in [0.4, 0.5) is 11.8 Å². The van der Waals surface area contributed by atoms with E-state index in [0.29, 0.717) is 66.4 Å². The fraction of sp³-hybridized carbons (Fsp3) is 0.560. The van der Waals surface area contributed by atoms with Crippen molar-refractivity contribution < 1.29 is 33.9 Å². The molecule has 12 nitrogen and oxygen atoms in total. The third-order valence-corrected chi connectivity index (χ3v) is 8.74. The van der Waals surface area contributed by atoms with Crippen LogP contribution in [0.5, 0.6) is 0 Å². The molecule has 3 atom stereocenters. The molecule has 0 bridgehead atoms. The van der Waals surface area contributed by atoms with Gasteiger partial charge in [-0.15, -0.1) is 0 Å². The van der Waals surface area contributed by atoms with Gasteiger partial charge in [0, 0.05) is 30.4 Å². The number of amides is 1. The molecule has 2 aromatic rings. The quantitative estimate of drug-likeness (QED) is 0.227. The van der Waals surface area contributed by atoms with E-state index in [-0.39, 0.29) is 36.8 Å². The number of hydrogen-bond acceptors (Lipinski definition) is 9. The van der Waals surface area contributed by atoms with Gasteiger partial charge < -0.3 is 35.5 Å². The Morgan fingerprint density at radius 3 is 2.64 bits per heavy atom. The second-order valence-electron chi connectivity index (χ2n) is 10.5. The van der Waals surface area contributed by atoms with Gasteiger partial charge in [0.2, 0.25) is 5.95 Å². The summed E-state index contributed by atoms with van der Waals surface area (Å²) in [5.74, 6) is 1.40. The van der Waals surface area contributed by atoms with E-state index in [9.17, 15) is 19.6 Å². The number of phosphoric ester groups is 1. The van der Waals surface area contributed by atoms with Crippen LogP contribution in [-0.2, 0) is 22.2 Å². The van der Waals surface area contributed by atoms with Crippen molar-refractivity contribution in [2.24, 2.45) is 11.8 Å². The molecule has 6 N–H and O–H groups in total. The van der Waals surface area contributed by atoms with Crippen LogP contribution in [0.3, 0.4) is 0 Å². The molecule has 3 unspecified atom stereocenters. The van der Waals surface area contributed by atoms with Crippen molar-refractivity contribution in [1.82, 2.24) is 15.3 Å². The number of rotatable bonds is 10. The Labute approximate surface area is 231 Å². The van der Waals surface area contributed by atoms with Gasteiger partial charge in [-0.1, -0.05) is 23.7 Å². The smallest absolute Gasteiger partial charge is 0.394 e. The lowest BCUT2D eigenvalue weighted by molar-refractivity contribution is 0.0820. The van der Waals surface area contributed by atoms with E-state index in [2.05, 4.69) is 15.6 Å². The average Bonchev–Trinajstić information content (AvgIpc) is 3.57. The van der Waals surface area contributed by atoms with Crippen molar-refractivity contribution in [3.05, 3.63) is 46.1 Å². The zero-order valence-electron chi connectivity index (χ0n) is 21.2. The number of fused-ring (bicyclic) bond motifs is 1. The first-order valence-electron chi connectivity index (χ1n) is 13.1. The van der Waals surface area contributed by atoms with E-state index in [1.54, 1.807) is 12.1 Å². The van der Waals surface area contributed by atoms with E-state index in [1.165, 1.54) is 6.20 Å². The highest BCUT2D eigenvalue weighted by molar-refractivity contribution is 7.46. The molecule has 5 rings (SSSR count). The van der Waals surface area contributed by atoms with Crippen LogP contribution in [0.15, 0.2) is 24.4 Å². The fourth-order valence-corrected chi connectivity index (χ4v) is 6.49. The molecule has 0 radical (unpaired) electrons. The van der Waals surface area contributed by atoms with Gasteiger partial charge in [-0.05, 0) is 61.1 Å². The predicted molar refractivity (Wildman–Crippen MR) is 143 cm³/mol.